The summed E-state index contributed by atoms with van der Waals surface area (Å²) >= 11 is 0. The zero-order valence-corrected chi connectivity index (χ0v) is 10.4. The van der Waals surface area contributed by atoms with Gasteiger partial charge in [0.1, 0.15) is 0 Å². The molecule has 3 rings (SSSR count). The van der Waals surface area contributed by atoms with Crippen LogP contribution in [0, 0.1) is 11.8 Å². The number of hydrogen-bond acceptors (Lipinski definition) is 2. The van der Waals surface area contributed by atoms with Crippen molar-refractivity contribution < 1.29 is 4.79 Å². The van der Waals surface area contributed by atoms with E-state index in [0.717, 1.165) is 17.5 Å². The topological polar surface area (TPSA) is 42.0 Å². The average molecular weight is 242 g/mol. The molecule has 0 spiro atoms. The van der Waals surface area contributed by atoms with Crippen molar-refractivity contribution in [1.82, 2.24) is 10.3 Å². The Bertz CT molecular complexity index is 435. The number of nitrogens with zero attached hydrogens (tertiary/aromatic N) is 1. The number of rotatable bonds is 5. The molecular weight excluding hydrogens is 224 g/mol. The fourth-order valence-corrected chi connectivity index (χ4v) is 2.38. The van der Waals surface area contributed by atoms with Gasteiger partial charge in [0.2, 0.25) is 5.91 Å². The van der Waals surface area contributed by atoms with Gasteiger partial charge in [-0.15, -0.1) is 0 Å². The van der Waals surface area contributed by atoms with E-state index in [1.54, 1.807) is 18.3 Å². The molecule has 2 fully saturated rings. The van der Waals surface area contributed by atoms with Crippen molar-refractivity contribution in [2.45, 2.75) is 31.7 Å². The van der Waals surface area contributed by atoms with Crippen LogP contribution in [0.5, 0.6) is 0 Å². The minimum atomic E-state index is 0.0180. The van der Waals surface area contributed by atoms with E-state index in [0.29, 0.717) is 6.04 Å². The highest BCUT2D eigenvalue weighted by molar-refractivity contribution is 5.91. The number of hydrogen-bond donors (Lipinski definition) is 1. The summed E-state index contributed by atoms with van der Waals surface area (Å²) in [5.74, 6) is 1.50. The lowest BCUT2D eigenvalue weighted by atomic mass is 10.1. The Kier molecular flexibility index (Phi) is 3.13. The van der Waals surface area contributed by atoms with Gasteiger partial charge in [-0.3, -0.25) is 9.78 Å². The van der Waals surface area contributed by atoms with E-state index in [9.17, 15) is 4.79 Å². The summed E-state index contributed by atoms with van der Waals surface area (Å²) < 4.78 is 0. The Morgan fingerprint density at radius 2 is 2.00 bits per heavy atom. The van der Waals surface area contributed by atoms with E-state index in [2.05, 4.69) is 10.3 Å². The fourth-order valence-electron chi connectivity index (χ4n) is 2.38. The van der Waals surface area contributed by atoms with Crippen LogP contribution < -0.4 is 5.32 Å². The quantitative estimate of drug-likeness (QED) is 0.806. The van der Waals surface area contributed by atoms with Crippen molar-refractivity contribution in [2.75, 3.05) is 0 Å². The molecule has 2 saturated carbocycles. The summed E-state index contributed by atoms with van der Waals surface area (Å²) in [5, 5.41) is 3.16. The molecule has 1 aromatic rings. The van der Waals surface area contributed by atoms with E-state index < -0.39 is 0 Å². The number of pyridine rings is 1. The molecule has 94 valence electrons. The second kappa shape index (κ2) is 4.92. The highest BCUT2D eigenvalue weighted by Crippen LogP contribution is 2.44. The molecule has 3 nitrogen and oxygen atoms in total. The number of amides is 1. The zero-order chi connectivity index (χ0) is 12.4. The lowest BCUT2D eigenvalue weighted by molar-refractivity contribution is -0.117. The lowest BCUT2D eigenvalue weighted by Gasteiger charge is -2.16. The SMILES string of the molecule is O=C(/C=C/c1ccccn1)NC(C1CC1)C1CC1. The van der Waals surface area contributed by atoms with Gasteiger partial charge in [0.15, 0.2) is 0 Å². The molecule has 0 saturated heterocycles. The van der Waals surface area contributed by atoms with Gasteiger partial charge in [-0.1, -0.05) is 6.07 Å². The Morgan fingerprint density at radius 1 is 1.28 bits per heavy atom. The summed E-state index contributed by atoms with van der Waals surface area (Å²) in [6.45, 7) is 0. The van der Waals surface area contributed by atoms with Gasteiger partial charge in [0.05, 0.1) is 5.69 Å². The first-order chi connectivity index (χ1) is 8.83. The van der Waals surface area contributed by atoms with Gasteiger partial charge < -0.3 is 5.32 Å². The van der Waals surface area contributed by atoms with Gasteiger partial charge in [0, 0.05) is 18.3 Å². The highest BCUT2D eigenvalue weighted by Gasteiger charge is 2.41. The van der Waals surface area contributed by atoms with Crippen LogP contribution in [0.4, 0.5) is 0 Å². The summed E-state index contributed by atoms with van der Waals surface area (Å²) in [5.41, 5.74) is 0.821. The molecule has 0 radical (unpaired) electrons. The third kappa shape index (κ3) is 2.97. The minimum Gasteiger partial charge on any atom is -0.349 e. The standard InChI is InChI=1S/C15H18N2O/c18-14(9-8-13-3-1-2-10-16-13)17-15(11-4-5-11)12-6-7-12/h1-3,8-12,15H,4-7H2,(H,17,18)/b9-8+. The van der Waals surface area contributed by atoms with Crippen molar-refractivity contribution in [2.24, 2.45) is 11.8 Å². The predicted molar refractivity (Wildman–Crippen MR) is 70.6 cm³/mol. The summed E-state index contributed by atoms with van der Waals surface area (Å²) in [4.78, 5) is 16.0. The third-order valence-electron chi connectivity index (χ3n) is 3.66. The van der Waals surface area contributed by atoms with E-state index in [1.165, 1.54) is 25.7 Å². The van der Waals surface area contributed by atoms with Gasteiger partial charge in [-0.05, 0) is 55.7 Å². The molecule has 0 atom stereocenters. The van der Waals surface area contributed by atoms with Crippen molar-refractivity contribution in [3.8, 4) is 0 Å². The van der Waals surface area contributed by atoms with E-state index >= 15 is 0 Å². The first-order valence-corrected chi connectivity index (χ1v) is 6.72. The molecule has 1 amide bonds. The normalized spacial score (nSPS) is 19.4. The molecule has 0 bridgehead atoms. The molecule has 0 aliphatic heterocycles. The molecular formula is C15H18N2O. The summed E-state index contributed by atoms with van der Waals surface area (Å²) in [6, 6.07) is 6.10. The van der Waals surface area contributed by atoms with Crippen LogP contribution in [0.1, 0.15) is 31.4 Å². The van der Waals surface area contributed by atoms with Gasteiger partial charge >= 0.3 is 0 Å². The minimum absolute atomic E-state index is 0.0180. The molecule has 1 aromatic heterocycles. The van der Waals surface area contributed by atoms with Gasteiger partial charge in [0.25, 0.3) is 0 Å². The van der Waals surface area contributed by atoms with Crippen LogP contribution in [0.2, 0.25) is 0 Å². The van der Waals surface area contributed by atoms with Crippen LogP contribution in [-0.4, -0.2) is 16.9 Å². The van der Waals surface area contributed by atoms with E-state index in [-0.39, 0.29) is 5.91 Å². The first-order valence-electron chi connectivity index (χ1n) is 6.72. The van der Waals surface area contributed by atoms with Crippen molar-refractivity contribution >= 4 is 12.0 Å². The maximum Gasteiger partial charge on any atom is 0.244 e. The third-order valence-corrected chi connectivity index (χ3v) is 3.66. The molecule has 18 heavy (non-hydrogen) atoms. The summed E-state index contributed by atoms with van der Waals surface area (Å²) in [6.07, 6.45) is 10.2. The lowest BCUT2D eigenvalue weighted by Crippen LogP contribution is -2.37. The number of aromatic nitrogens is 1. The molecule has 2 aliphatic rings. The second-order valence-electron chi connectivity index (χ2n) is 5.30. The second-order valence-corrected chi connectivity index (χ2v) is 5.30. The molecule has 1 heterocycles. The first kappa shape index (κ1) is 11.5. The zero-order valence-electron chi connectivity index (χ0n) is 10.4. The van der Waals surface area contributed by atoms with Crippen molar-refractivity contribution in [3.63, 3.8) is 0 Å². The molecule has 2 aliphatic carbocycles. The number of carbonyl (C=O) groups is 1. The monoisotopic (exact) mass is 242 g/mol. The van der Waals surface area contributed by atoms with Gasteiger partial charge in [-0.25, -0.2) is 0 Å². The Hall–Kier alpha value is -1.64. The van der Waals surface area contributed by atoms with E-state index in [1.807, 2.05) is 18.2 Å². The smallest absolute Gasteiger partial charge is 0.244 e. The van der Waals surface area contributed by atoms with Crippen molar-refractivity contribution in [1.29, 1.82) is 0 Å². The number of nitrogens with one attached hydrogen (secondary N) is 1. The summed E-state index contributed by atoms with van der Waals surface area (Å²) in [7, 11) is 0. The van der Waals surface area contributed by atoms with Crippen molar-refractivity contribution in [3.05, 3.63) is 36.2 Å². The maximum absolute atomic E-state index is 11.9. The fraction of sp³-hybridized carbons (Fsp3) is 0.467. The molecule has 0 aromatic carbocycles. The van der Waals surface area contributed by atoms with Crippen LogP contribution in [0.3, 0.4) is 0 Å². The van der Waals surface area contributed by atoms with Crippen LogP contribution in [-0.2, 0) is 4.79 Å². The highest BCUT2D eigenvalue weighted by atomic mass is 16.1. The molecule has 1 N–H and O–H groups in total. The van der Waals surface area contributed by atoms with Crippen LogP contribution in [0.25, 0.3) is 6.08 Å². The maximum atomic E-state index is 11.9. The Labute approximate surface area is 107 Å². The predicted octanol–water partition coefficient (Wildman–Crippen LogP) is 2.40. The largest absolute Gasteiger partial charge is 0.349 e. The Morgan fingerprint density at radius 3 is 2.56 bits per heavy atom. The van der Waals surface area contributed by atoms with Gasteiger partial charge in [-0.2, -0.15) is 0 Å². The molecule has 3 heteroatoms. The van der Waals surface area contributed by atoms with E-state index in [4.69, 9.17) is 0 Å². The number of carbonyl (C=O) groups excluding carboxylic acids is 1. The Balaban J connectivity index is 1.56. The van der Waals surface area contributed by atoms with Crippen LogP contribution in [0.15, 0.2) is 30.5 Å². The average Bonchev–Trinajstić information content (AvgIpc) is 3.28. The molecule has 0 unspecified atom stereocenters. The van der Waals surface area contributed by atoms with Crippen LogP contribution >= 0.6 is 0 Å².